The number of hydrogen-bond donors (Lipinski definition) is 2. The number of rotatable bonds is 7. The van der Waals surface area contributed by atoms with Crippen molar-refractivity contribution in [3.8, 4) is 0 Å². The van der Waals surface area contributed by atoms with Crippen LogP contribution in [0.5, 0.6) is 0 Å². The molecule has 0 spiro atoms. The minimum Gasteiger partial charge on any atom is -0.380 e. The van der Waals surface area contributed by atoms with Gasteiger partial charge in [-0.05, 0) is 32.0 Å². The molecule has 0 fully saturated rings. The Bertz CT molecular complexity index is 446. The van der Waals surface area contributed by atoms with E-state index in [1.54, 1.807) is 12.1 Å². The molecule has 0 aliphatic rings. The SMILES string of the molecule is CCNC(=NCc1cc(Br)ccc1F)NCCOCC.I. The highest BCUT2D eigenvalue weighted by atomic mass is 127. The van der Waals surface area contributed by atoms with E-state index < -0.39 is 0 Å². The van der Waals surface area contributed by atoms with Crippen LogP contribution in [-0.2, 0) is 11.3 Å². The van der Waals surface area contributed by atoms with Crippen molar-refractivity contribution >= 4 is 45.9 Å². The van der Waals surface area contributed by atoms with Crippen molar-refractivity contribution in [3.05, 3.63) is 34.1 Å². The smallest absolute Gasteiger partial charge is 0.191 e. The fourth-order valence-electron chi connectivity index (χ4n) is 1.56. The lowest BCUT2D eigenvalue weighted by Crippen LogP contribution is -2.39. The third-order valence-electron chi connectivity index (χ3n) is 2.50. The Hall–Kier alpha value is -0.410. The van der Waals surface area contributed by atoms with Gasteiger partial charge in [0, 0.05) is 29.7 Å². The van der Waals surface area contributed by atoms with Crippen molar-refractivity contribution in [1.82, 2.24) is 10.6 Å². The van der Waals surface area contributed by atoms with Gasteiger partial charge >= 0.3 is 0 Å². The van der Waals surface area contributed by atoms with Gasteiger partial charge < -0.3 is 15.4 Å². The number of ether oxygens (including phenoxy) is 1. The lowest BCUT2D eigenvalue weighted by Gasteiger charge is -2.11. The predicted molar refractivity (Wildman–Crippen MR) is 98.8 cm³/mol. The average Bonchev–Trinajstić information content (AvgIpc) is 2.44. The third-order valence-corrected chi connectivity index (χ3v) is 3.00. The number of benzene rings is 1. The summed E-state index contributed by atoms with van der Waals surface area (Å²) in [5.74, 6) is 0.411. The van der Waals surface area contributed by atoms with Crippen LogP contribution in [0.15, 0.2) is 27.7 Å². The molecule has 0 unspecified atom stereocenters. The minimum absolute atomic E-state index is 0. The van der Waals surface area contributed by atoms with E-state index in [1.165, 1.54) is 6.07 Å². The molecule has 21 heavy (non-hydrogen) atoms. The van der Waals surface area contributed by atoms with E-state index in [1.807, 2.05) is 13.8 Å². The van der Waals surface area contributed by atoms with E-state index in [0.29, 0.717) is 31.3 Å². The first-order chi connectivity index (χ1) is 9.67. The second kappa shape index (κ2) is 12.2. The zero-order valence-corrected chi connectivity index (χ0v) is 16.2. The van der Waals surface area contributed by atoms with Gasteiger partial charge in [0.2, 0.25) is 0 Å². The maximum atomic E-state index is 13.6. The average molecular weight is 474 g/mol. The van der Waals surface area contributed by atoms with Gasteiger partial charge in [-0.2, -0.15) is 0 Å². The van der Waals surface area contributed by atoms with Crippen LogP contribution in [0.4, 0.5) is 4.39 Å². The second-order valence-electron chi connectivity index (χ2n) is 4.05. The lowest BCUT2D eigenvalue weighted by molar-refractivity contribution is 0.152. The quantitative estimate of drug-likeness (QED) is 0.276. The van der Waals surface area contributed by atoms with Crippen LogP contribution < -0.4 is 10.6 Å². The Morgan fingerprint density at radius 2 is 2.10 bits per heavy atom. The van der Waals surface area contributed by atoms with E-state index in [2.05, 4.69) is 31.6 Å². The molecule has 0 saturated carbocycles. The van der Waals surface area contributed by atoms with Gasteiger partial charge in [-0.25, -0.2) is 9.38 Å². The van der Waals surface area contributed by atoms with E-state index in [0.717, 1.165) is 11.0 Å². The summed E-state index contributed by atoms with van der Waals surface area (Å²) in [6.45, 7) is 6.96. The topological polar surface area (TPSA) is 45.7 Å². The molecule has 0 atom stereocenters. The van der Waals surface area contributed by atoms with Crippen molar-refractivity contribution in [2.24, 2.45) is 4.99 Å². The number of hydrogen-bond acceptors (Lipinski definition) is 2. The first kappa shape index (κ1) is 20.6. The second-order valence-corrected chi connectivity index (χ2v) is 4.97. The van der Waals surface area contributed by atoms with Crippen molar-refractivity contribution in [2.45, 2.75) is 20.4 Å². The van der Waals surface area contributed by atoms with E-state index in [-0.39, 0.29) is 36.3 Å². The van der Waals surface area contributed by atoms with Crippen LogP contribution in [0.2, 0.25) is 0 Å². The number of guanidine groups is 1. The lowest BCUT2D eigenvalue weighted by atomic mass is 10.2. The molecule has 7 heteroatoms. The van der Waals surface area contributed by atoms with E-state index in [4.69, 9.17) is 4.74 Å². The molecule has 1 aromatic rings. The van der Waals surface area contributed by atoms with Crippen molar-refractivity contribution in [2.75, 3.05) is 26.3 Å². The molecule has 1 aromatic carbocycles. The van der Waals surface area contributed by atoms with Crippen LogP contribution in [0.1, 0.15) is 19.4 Å². The summed E-state index contributed by atoms with van der Waals surface area (Å²) in [5.41, 5.74) is 0.557. The standard InChI is InChI=1S/C14H21BrFN3O.HI/c1-3-17-14(18-7-8-20-4-2)19-10-11-9-12(15)5-6-13(11)16;/h5-6,9H,3-4,7-8,10H2,1-2H3,(H2,17,18,19);1H. The molecule has 0 aliphatic carbocycles. The van der Waals surface area contributed by atoms with E-state index in [9.17, 15) is 4.39 Å². The summed E-state index contributed by atoms with van der Waals surface area (Å²) >= 11 is 3.33. The van der Waals surface area contributed by atoms with Crippen LogP contribution in [0, 0.1) is 5.82 Å². The molecule has 0 aliphatic heterocycles. The Kier molecular flexibility index (Phi) is 11.9. The van der Waals surface area contributed by atoms with Gasteiger partial charge in [-0.3, -0.25) is 0 Å². The normalized spacial score (nSPS) is 11.0. The molecule has 0 aromatic heterocycles. The van der Waals surface area contributed by atoms with Gasteiger partial charge in [-0.15, -0.1) is 24.0 Å². The molecule has 0 heterocycles. The van der Waals surface area contributed by atoms with Gasteiger partial charge in [0.15, 0.2) is 5.96 Å². The first-order valence-corrected chi connectivity index (χ1v) is 7.50. The molecule has 4 nitrogen and oxygen atoms in total. The van der Waals surface area contributed by atoms with Gasteiger partial charge in [-0.1, -0.05) is 15.9 Å². The zero-order chi connectivity index (χ0) is 14.8. The highest BCUT2D eigenvalue weighted by Crippen LogP contribution is 2.16. The monoisotopic (exact) mass is 473 g/mol. The highest BCUT2D eigenvalue weighted by Gasteiger charge is 2.03. The molecule has 0 radical (unpaired) electrons. The largest absolute Gasteiger partial charge is 0.380 e. The van der Waals surface area contributed by atoms with Gasteiger partial charge in [0.1, 0.15) is 5.82 Å². The molecule has 2 N–H and O–H groups in total. The molecule has 0 saturated heterocycles. The fourth-order valence-corrected chi connectivity index (χ4v) is 1.96. The summed E-state index contributed by atoms with van der Waals surface area (Å²) in [4.78, 5) is 4.36. The highest BCUT2D eigenvalue weighted by molar-refractivity contribution is 14.0. The first-order valence-electron chi connectivity index (χ1n) is 6.71. The van der Waals surface area contributed by atoms with Gasteiger partial charge in [0.25, 0.3) is 0 Å². The van der Waals surface area contributed by atoms with Crippen LogP contribution in [0.25, 0.3) is 0 Å². The van der Waals surface area contributed by atoms with Crippen molar-refractivity contribution < 1.29 is 9.13 Å². The summed E-state index contributed by atoms with van der Waals surface area (Å²) in [5, 5.41) is 6.25. The van der Waals surface area contributed by atoms with Crippen LogP contribution in [0.3, 0.4) is 0 Å². The van der Waals surface area contributed by atoms with E-state index >= 15 is 0 Å². The van der Waals surface area contributed by atoms with Crippen molar-refractivity contribution in [1.29, 1.82) is 0 Å². The molecule has 120 valence electrons. The summed E-state index contributed by atoms with van der Waals surface area (Å²) in [6.07, 6.45) is 0. The van der Waals surface area contributed by atoms with Crippen LogP contribution >= 0.6 is 39.9 Å². The predicted octanol–water partition coefficient (Wildman–Crippen LogP) is 3.30. The Labute approximate surface area is 151 Å². The van der Waals surface area contributed by atoms with Gasteiger partial charge in [0.05, 0.1) is 13.2 Å². The Morgan fingerprint density at radius 3 is 2.76 bits per heavy atom. The Balaban J connectivity index is 0.00000400. The molecule has 0 amide bonds. The fraction of sp³-hybridized carbons (Fsp3) is 0.500. The number of aliphatic imine (C=N–C) groups is 1. The maximum absolute atomic E-state index is 13.6. The van der Waals surface area contributed by atoms with Crippen LogP contribution in [-0.4, -0.2) is 32.3 Å². The van der Waals surface area contributed by atoms with Crippen molar-refractivity contribution in [3.63, 3.8) is 0 Å². The molecular weight excluding hydrogens is 452 g/mol. The Morgan fingerprint density at radius 1 is 1.33 bits per heavy atom. The summed E-state index contributed by atoms with van der Waals surface area (Å²) in [6, 6.07) is 4.85. The molecule has 1 rings (SSSR count). The maximum Gasteiger partial charge on any atom is 0.191 e. The minimum atomic E-state index is -0.248. The molecular formula is C14H22BrFIN3O. The number of halogens is 3. The third kappa shape index (κ3) is 8.57. The number of nitrogens with one attached hydrogen (secondary N) is 2. The number of nitrogens with zero attached hydrogens (tertiary/aromatic N) is 1. The molecule has 0 bridgehead atoms. The zero-order valence-electron chi connectivity index (χ0n) is 12.3. The summed E-state index contributed by atoms with van der Waals surface area (Å²) < 4.78 is 19.7. The summed E-state index contributed by atoms with van der Waals surface area (Å²) in [7, 11) is 0.